The minimum Gasteiger partial charge on any atom is -0.480 e. The van der Waals surface area contributed by atoms with Gasteiger partial charge in [-0.2, -0.15) is 4.98 Å². The summed E-state index contributed by atoms with van der Waals surface area (Å²) in [6, 6.07) is -1.13. The molecule has 0 radical (unpaired) electrons. The zero-order valence-corrected chi connectivity index (χ0v) is 16.3. The number of rotatable bonds is 4. The number of thiophene rings is 1. The Kier molecular flexibility index (Phi) is 4.34. The maximum atomic E-state index is 12.8. The molecule has 3 heterocycles. The van der Waals surface area contributed by atoms with Gasteiger partial charge in [-0.15, -0.1) is 11.3 Å². The molecule has 1 saturated carbocycles. The van der Waals surface area contributed by atoms with Crippen molar-refractivity contribution in [2.45, 2.75) is 63.3 Å². The second kappa shape index (κ2) is 6.88. The number of aliphatic carboxylic acids is 1. The molecular formula is C19H22N4O4S. The van der Waals surface area contributed by atoms with Gasteiger partial charge in [0.25, 0.3) is 5.89 Å². The zero-order chi connectivity index (χ0) is 19.3. The Bertz CT molecular complexity index is 933. The first-order chi connectivity index (χ1) is 13.6. The molecule has 0 spiro atoms. The number of hydrogen-bond acceptors (Lipinski definition) is 6. The van der Waals surface area contributed by atoms with Crippen LogP contribution in [-0.2, 0) is 17.6 Å². The van der Waals surface area contributed by atoms with E-state index >= 15 is 0 Å². The first-order valence-corrected chi connectivity index (χ1v) is 10.7. The second-order valence-electron chi connectivity index (χ2n) is 7.77. The number of aryl methyl sites for hydroxylation is 1. The topological polar surface area (TPSA) is 109 Å². The number of carbonyl (C=O) groups is 2. The highest BCUT2D eigenvalue weighted by molar-refractivity contribution is 7.17. The Hall–Kier alpha value is -2.42. The molecular weight excluding hydrogens is 380 g/mol. The molecule has 1 unspecified atom stereocenters. The number of nitrogens with one attached hydrogen (secondary N) is 1. The summed E-state index contributed by atoms with van der Waals surface area (Å²) < 4.78 is 5.57. The molecule has 28 heavy (non-hydrogen) atoms. The molecule has 2 aromatic heterocycles. The van der Waals surface area contributed by atoms with Crippen LogP contribution >= 0.6 is 11.3 Å². The third-order valence-electron chi connectivity index (χ3n) is 5.79. The fraction of sp³-hybridized carbons (Fsp3) is 0.579. The van der Waals surface area contributed by atoms with E-state index in [1.165, 1.54) is 15.3 Å². The van der Waals surface area contributed by atoms with Crippen LogP contribution in [0.15, 0.2) is 4.52 Å². The van der Waals surface area contributed by atoms with E-state index in [-0.39, 0.29) is 6.03 Å². The number of carboxylic acids is 1. The van der Waals surface area contributed by atoms with Gasteiger partial charge in [0.05, 0.1) is 5.56 Å². The number of amides is 2. The van der Waals surface area contributed by atoms with Gasteiger partial charge < -0.3 is 14.5 Å². The van der Waals surface area contributed by atoms with E-state index < -0.39 is 12.0 Å². The predicted octanol–water partition coefficient (Wildman–Crippen LogP) is 3.64. The molecule has 0 bridgehead atoms. The first-order valence-electron chi connectivity index (χ1n) is 9.90. The Morgan fingerprint density at radius 2 is 2.00 bits per heavy atom. The minimum absolute atomic E-state index is 0.369. The monoisotopic (exact) mass is 402 g/mol. The molecule has 1 aliphatic heterocycles. The molecule has 2 aromatic rings. The number of aromatic nitrogens is 2. The number of nitrogens with zero attached hydrogens (tertiary/aromatic N) is 3. The number of urea groups is 1. The molecule has 0 aromatic carbocycles. The Balaban J connectivity index is 1.47. The number of likely N-dealkylation sites (tertiary alicyclic amines) is 1. The largest absolute Gasteiger partial charge is 0.480 e. The summed E-state index contributed by atoms with van der Waals surface area (Å²) in [4.78, 5) is 31.5. The average Bonchev–Trinajstić information content (AvgIpc) is 3.10. The van der Waals surface area contributed by atoms with E-state index in [9.17, 15) is 14.7 Å². The van der Waals surface area contributed by atoms with Crippen molar-refractivity contribution in [1.29, 1.82) is 0 Å². The van der Waals surface area contributed by atoms with Gasteiger partial charge in [0.1, 0.15) is 11.0 Å². The SMILES string of the molecule is O=C(O)C1CCCN1C(=O)Nc1sc2c(c1-c1nc(C3CC3)no1)CCCC2. The van der Waals surface area contributed by atoms with Crippen molar-refractivity contribution in [1.82, 2.24) is 15.0 Å². The summed E-state index contributed by atoms with van der Waals surface area (Å²) in [7, 11) is 0. The molecule has 5 rings (SSSR count). The summed E-state index contributed by atoms with van der Waals surface area (Å²) in [5.74, 6) is 0.650. The molecule has 1 saturated heterocycles. The van der Waals surface area contributed by atoms with Crippen molar-refractivity contribution in [2.75, 3.05) is 11.9 Å². The van der Waals surface area contributed by atoms with Gasteiger partial charge in [0.2, 0.25) is 0 Å². The van der Waals surface area contributed by atoms with Gasteiger partial charge in [-0.3, -0.25) is 5.32 Å². The van der Waals surface area contributed by atoms with Crippen LogP contribution in [0.2, 0.25) is 0 Å². The maximum Gasteiger partial charge on any atom is 0.326 e. The van der Waals surface area contributed by atoms with Gasteiger partial charge in [0.15, 0.2) is 5.82 Å². The fourth-order valence-corrected chi connectivity index (χ4v) is 5.43. The summed E-state index contributed by atoms with van der Waals surface area (Å²) in [6.07, 6.45) is 7.52. The molecule has 2 aliphatic carbocycles. The average molecular weight is 402 g/mol. The lowest BCUT2D eigenvalue weighted by Crippen LogP contribution is -2.42. The van der Waals surface area contributed by atoms with Crippen LogP contribution in [-0.4, -0.2) is 44.7 Å². The maximum absolute atomic E-state index is 12.8. The molecule has 2 amide bonds. The minimum atomic E-state index is -0.954. The summed E-state index contributed by atoms with van der Waals surface area (Å²) >= 11 is 1.55. The molecule has 3 aliphatic rings. The third kappa shape index (κ3) is 3.07. The lowest BCUT2D eigenvalue weighted by molar-refractivity contribution is -0.141. The second-order valence-corrected chi connectivity index (χ2v) is 8.87. The Morgan fingerprint density at radius 1 is 1.18 bits per heavy atom. The number of anilines is 1. The van der Waals surface area contributed by atoms with E-state index in [0.29, 0.717) is 36.2 Å². The number of fused-ring (bicyclic) bond motifs is 1. The molecule has 2 N–H and O–H groups in total. The highest BCUT2D eigenvalue weighted by atomic mass is 32.1. The molecule has 8 nitrogen and oxygen atoms in total. The van der Waals surface area contributed by atoms with E-state index in [1.807, 2.05) is 0 Å². The molecule has 1 atom stereocenters. The van der Waals surface area contributed by atoms with E-state index in [1.54, 1.807) is 11.3 Å². The van der Waals surface area contributed by atoms with Crippen molar-refractivity contribution in [2.24, 2.45) is 0 Å². The highest BCUT2D eigenvalue weighted by Gasteiger charge is 2.36. The Morgan fingerprint density at radius 3 is 2.79 bits per heavy atom. The normalized spacial score (nSPS) is 21.6. The number of hydrogen-bond donors (Lipinski definition) is 2. The standard InChI is InChI=1S/C19H22N4O4S/c24-18(25)12-5-3-9-23(12)19(26)21-17-14(11-4-1-2-6-13(11)28-17)16-20-15(22-27-16)10-7-8-10/h10,12H,1-9H2,(H,21,26)(H,24,25). The van der Waals surface area contributed by atoms with Gasteiger partial charge in [0, 0.05) is 17.3 Å². The fourth-order valence-electron chi connectivity index (χ4n) is 4.16. The van der Waals surface area contributed by atoms with Crippen LogP contribution in [0.3, 0.4) is 0 Å². The van der Waals surface area contributed by atoms with Gasteiger partial charge in [-0.25, -0.2) is 9.59 Å². The van der Waals surface area contributed by atoms with Crippen LogP contribution in [0, 0.1) is 0 Å². The third-order valence-corrected chi connectivity index (χ3v) is 7.00. The van der Waals surface area contributed by atoms with Crippen molar-refractivity contribution < 1.29 is 19.2 Å². The van der Waals surface area contributed by atoms with Crippen LogP contribution in [0.1, 0.15) is 60.7 Å². The molecule has 148 valence electrons. The Labute approximate surface area is 165 Å². The van der Waals surface area contributed by atoms with Gasteiger partial charge in [-0.1, -0.05) is 5.16 Å². The van der Waals surface area contributed by atoms with Gasteiger partial charge >= 0.3 is 12.0 Å². The quantitative estimate of drug-likeness (QED) is 0.808. The van der Waals surface area contributed by atoms with Crippen molar-refractivity contribution in [3.05, 3.63) is 16.3 Å². The zero-order valence-electron chi connectivity index (χ0n) is 15.4. The van der Waals surface area contributed by atoms with Crippen LogP contribution < -0.4 is 5.32 Å². The number of carbonyl (C=O) groups excluding carboxylic acids is 1. The van der Waals surface area contributed by atoms with Crippen molar-refractivity contribution in [3.63, 3.8) is 0 Å². The predicted molar refractivity (Wildman–Crippen MR) is 103 cm³/mol. The molecule has 9 heteroatoms. The van der Waals surface area contributed by atoms with E-state index in [4.69, 9.17) is 4.52 Å². The molecule has 2 fully saturated rings. The van der Waals surface area contributed by atoms with Crippen molar-refractivity contribution in [3.8, 4) is 11.5 Å². The smallest absolute Gasteiger partial charge is 0.326 e. The lowest BCUT2D eigenvalue weighted by Gasteiger charge is -2.21. The van der Waals surface area contributed by atoms with E-state index in [2.05, 4.69) is 15.5 Å². The summed E-state index contributed by atoms with van der Waals surface area (Å²) in [5.41, 5.74) is 2.02. The van der Waals surface area contributed by atoms with Crippen molar-refractivity contribution >= 4 is 28.3 Å². The van der Waals surface area contributed by atoms with Crippen LogP contribution in [0.5, 0.6) is 0 Å². The summed E-state index contributed by atoms with van der Waals surface area (Å²) in [6.45, 7) is 0.454. The van der Waals surface area contributed by atoms with Gasteiger partial charge in [-0.05, 0) is 56.9 Å². The van der Waals surface area contributed by atoms with E-state index in [0.717, 1.165) is 49.9 Å². The lowest BCUT2D eigenvalue weighted by atomic mass is 9.95. The van der Waals surface area contributed by atoms with Crippen LogP contribution in [0.4, 0.5) is 9.80 Å². The summed E-state index contributed by atoms with van der Waals surface area (Å²) in [5, 5.41) is 17.2. The van der Waals surface area contributed by atoms with Crippen LogP contribution in [0.25, 0.3) is 11.5 Å². The highest BCUT2D eigenvalue weighted by Crippen LogP contribution is 2.45. The first kappa shape index (κ1) is 17.7. The number of carboxylic acid groups (broad SMARTS) is 1.